The van der Waals surface area contributed by atoms with Crippen LogP contribution in [0.4, 0.5) is 5.13 Å². The number of aromatic nitrogens is 1. The molecule has 1 atom stereocenters. The first-order chi connectivity index (χ1) is 11.5. The third-order valence-corrected chi connectivity index (χ3v) is 6.99. The van der Waals surface area contributed by atoms with Crippen molar-refractivity contribution in [2.24, 2.45) is 0 Å². The molecule has 0 saturated heterocycles. The molecule has 0 aliphatic heterocycles. The zero-order valence-corrected chi connectivity index (χ0v) is 16.4. The van der Waals surface area contributed by atoms with Gasteiger partial charge in [0.05, 0.1) is 21.0 Å². The van der Waals surface area contributed by atoms with Crippen molar-refractivity contribution in [3.05, 3.63) is 33.6 Å². The summed E-state index contributed by atoms with van der Waals surface area (Å²) in [5.74, 6) is 0.0157. The number of nitrogens with one attached hydrogen (secondary N) is 1. The van der Waals surface area contributed by atoms with E-state index in [0.717, 1.165) is 11.3 Å². The summed E-state index contributed by atoms with van der Waals surface area (Å²) >= 11 is 15.2. The van der Waals surface area contributed by atoms with E-state index in [1.807, 2.05) is 18.4 Å². The normalized spacial score (nSPS) is 16.3. The van der Waals surface area contributed by atoms with Gasteiger partial charge < -0.3 is 5.32 Å². The molecule has 0 bridgehead atoms. The maximum absolute atomic E-state index is 12.3. The first-order valence-corrected chi connectivity index (χ1v) is 10.5. The van der Waals surface area contributed by atoms with Gasteiger partial charge in [0, 0.05) is 16.2 Å². The van der Waals surface area contributed by atoms with E-state index in [9.17, 15) is 4.79 Å². The fraction of sp³-hybridized carbons (Fsp3) is 0.412. The molecular weight excluding hydrogens is 383 g/mol. The molecule has 0 radical (unpaired) electrons. The van der Waals surface area contributed by atoms with Gasteiger partial charge in [-0.3, -0.25) is 4.79 Å². The SMILES string of the molecule is C[C@@H](SC1CCCC1)C(=O)Nc1nc(-c2ccc(Cl)c(Cl)c2)cs1. The smallest absolute Gasteiger partial charge is 0.238 e. The lowest BCUT2D eigenvalue weighted by Gasteiger charge is -2.14. The molecule has 1 fully saturated rings. The fourth-order valence-corrected chi connectivity index (χ4v) is 5.09. The number of thioether (sulfide) groups is 1. The van der Waals surface area contributed by atoms with Crippen molar-refractivity contribution >= 4 is 57.3 Å². The Morgan fingerprint density at radius 1 is 1.33 bits per heavy atom. The van der Waals surface area contributed by atoms with Gasteiger partial charge in [-0.2, -0.15) is 0 Å². The summed E-state index contributed by atoms with van der Waals surface area (Å²) < 4.78 is 0. The van der Waals surface area contributed by atoms with Gasteiger partial charge in [0.15, 0.2) is 5.13 Å². The summed E-state index contributed by atoms with van der Waals surface area (Å²) in [6.07, 6.45) is 5.01. The predicted octanol–water partition coefficient (Wildman–Crippen LogP) is 6.12. The topological polar surface area (TPSA) is 42.0 Å². The Hall–Kier alpha value is -0.750. The van der Waals surface area contributed by atoms with E-state index < -0.39 is 0 Å². The van der Waals surface area contributed by atoms with Crippen LogP contribution in [0.25, 0.3) is 11.3 Å². The van der Waals surface area contributed by atoms with Crippen LogP contribution in [0.3, 0.4) is 0 Å². The number of carbonyl (C=O) groups is 1. The number of carbonyl (C=O) groups excluding carboxylic acids is 1. The first-order valence-electron chi connectivity index (χ1n) is 7.90. The minimum Gasteiger partial charge on any atom is -0.301 e. The quantitative estimate of drug-likeness (QED) is 0.656. The standard InChI is InChI=1S/C17H18Cl2N2OS2/c1-10(24-12-4-2-3-5-12)16(22)21-17-20-15(9-23-17)11-6-7-13(18)14(19)8-11/h6-10,12H,2-5H2,1H3,(H,20,21,22)/t10-/m1/s1. The Morgan fingerprint density at radius 2 is 2.08 bits per heavy atom. The lowest BCUT2D eigenvalue weighted by molar-refractivity contribution is -0.115. The van der Waals surface area contributed by atoms with Crippen molar-refractivity contribution in [2.75, 3.05) is 5.32 Å². The van der Waals surface area contributed by atoms with Crippen molar-refractivity contribution in [3.8, 4) is 11.3 Å². The van der Waals surface area contributed by atoms with Crippen molar-refractivity contribution in [2.45, 2.75) is 43.1 Å². The highest BCUT2D eigenvalue weighted by Gasteiger charge is 2.23. The van der Waals surface area contributed by atoms with Crippen LogP contribution in [0.15, 0.2) is 23.6 Å². The highest BCUT2D eigenvalue weighted by Crippen LogP contribution is 2.33. The maximum Gasteiger partial charge on any atom is 0.238 e. The summed E-state index contributed by atoms with van der Waals surface area (Å²) in [7, 11) is 0. The zero-order chi connectivity index (χ0) is 17.1. The van der Waals surface area contributed by atoms with Crippen LogP contribution >= 0.6 is 46.3 Å². The van der Waals surface area contributed by atoms with Crippen LogP contribution in [0.1, 0.15) is 32.6 Å². The summed E-state index contributed by atoms with van der Waals surface area (Å²) in [4.78, 5) is 16.8. The van der Waals surface area contributed by atoms with Gasteiger partial charge in [-0.25, -0.2) is 4.98 Å². The summed E-state index contributed by atoms with van der Waals surface area (Å²) in [6, 6.07) is 5.40. The Kier molecular flexibility index (Phi) is 6.08. The second-order valence-electron chi connectivity index (χ2n) is 5.84. The highest BCUT2D eigenvalue weighted by atomic mass is 35.5. The molecule has 2 aromatic rings. The van der Waals surface area contributed by atoms with E-state index in [0.29, 0.717) is 20.4 Å². The molecule has 0 unspecified atom stereocenters. The van der Waals surface area contributed by atoms with Gasteiger partial charge in [0.2, 0.25) is 5.91 Å². The molecule has 1 aromatic heterocycles. The number of nitrogens with zero attached hydrogens (tertiary/aromatic N) is 1. The number of benzene rings is 1. The Labute approximate surface area is 160 Å². The third-order valence-electron chi connectivity index (χ3n) is 4.02. The number of rotatable bonds is 5. The van der Waals surface area contributed by atoms with E-state index in [-0.39, 0.29) is 11.2 Å². The molecule has 1 amide bonds. The second-order valence-corrected chi connectivity index (χ2v) is 9.16. The molecule has 24 heavy (non-hydrogen) atoms. The van der Waals surface area contributed by atoms with Gasteiger partial charge in [0.25, 0.3) is 0 Å². The molecule has 1 heterocycles. The van der Waals surface area contributed by atoms with Crippen molar-refractivity contribution in [1.29, 1.82) is 0 Å². The Balaban J connectivity index is 1.62. The Morgan fingerprint density at radius 3 is 2.79 bits per heavy atom. The summed E-state index contributed by atoms with van der Waals surface area (Å²) in [6.45, 7) is 1.96. The maximum atomic E-state index is 12.3. The number of thiazole rings is 1. The van der Waals surface area contributed by atoms with E-state index in [1.54, 1.807) is 23.9 Å². The van der Waals surface area contributed by atoms with E-state index in [2.05, 4.69) is 10.3 Å². The number of halogens is 2. The van der Waals surface area contributed by atoms with E-state index in [4.69, 9.17) is 23.2 Å². The summed E-state index contributed by atoms with van der Waals surface area (Å²) in [5.41, 5.74) is 1.67. The van der Waals surface area contributed by atoms with Crippen LogP contribution in [-0.4, -0.2) is 21.4 Å². The lowest BCUT2D eigenvalue weighted by Crippen LogP contribution is -2.24. The van der Waals surface area contributed by atoms with E-state index in [1.165, 1.54) is 37.0 Å². The average molecular weight is 401 g/mol. The first kappa shape index (κ1) is 18.1. The average Bonchev–Trinajstić information content (AvgIpc) is 3.22. The monoisotopic (exact) mass is 400 g/mol. The number of amides is 1. The van der Waals surface area contributed by atoms with Crippen LogP contribution in [0.2, 0.25) is 10.0 Å². The van der Waals surface area contributed by atoms with Crippen molar-refractivity contribution < 1.29 is 4.79 Å². The molecule has 0 spiro atoms. The lowest BCUT2D eigenvalue weighted by atomic mass is 10.2. The molecule has 1 aromatic carbocycles. The van der Waals surface area contributed by atoms with Crippen LogP contribution in [0.5, 0.6) is 0 Å². The van der Waals surface area contributed by atoms with Gasteiger partial charge >= 0.3 is 0 Å². The Bertz CT molecular complexity index is 729. The molecule has 1 saturated carbocycles. The fourth-order valence-electron chi connectivity index (χ4n) is 2.70. The van der Waals surface area contributed by atoms with Crippen LogP contribution in [-0.2, 0) is 4.79 Å². The van der Waals surface area contributed by atoms with Gasteiger partial charge in [-0.1, -0.05) is 42.1 Å². The summed E-state index contributed by atoms with van der Waals surface area (Å²) in [5, 5.41) is 7.00. The van der Waals surface area contributed by atoms with Gasteiger partial charge in [-0.05, 0) is 31.9 Å². The van der Waals surface area contributed by atoms with Gasteiger partial charge in [-0.15, -0.1) is 23.1 Å². The molecule has 128 valence electrons. The molecule has 1 aliphatic carbocycles. The third kappa shape index (κ3) is 4.45. The molecule has 1 N–H and O–H groups in total. The number of hydrogen-bond donors (Lipinski definition) is 1. The van der Waals surface area contributed by atoms with Crippen LogP contribution in [0, 0.1) is 0 Å². The van der Waals surface area contributed by atoms with Crippen molar-refractivity contribution in [1.82, 2.24) is 4.98 Å². The number of anilines is 1. The second kappa shape index (κ2) is 8.09. The largest absolute Gasteiger partial charge is 0.301 e. The minimum atomic E-state index is -0.0644. The number of hydrogen-bond acceptors (Lipinski definition) is 4. The minimum absolute atomic E-state index is 0.0157. The molecule has 7 heteroatoms. The molecular formula is C17H18Cl2N2OS2. The van der Waals surface area contributed by atoms with E-state index >= 15 is 0 Å². The van der Waals surface area contributed by atoms with Crippen LogP contribution < -0.4 is 5.32 Å². The van der Waals surface area contributed by atoms with Gasteiger partial charge in [0.1, 0.15) is 0 Å². The molecule has 3 rings (SSSR count). The molecule has 3 nitrogen and oxygen atoms in total. The zero-order valence-electron chi connectivity index (χ0n) is 13.2. The molecule has 1 aliphatic rings. The highest BCUT2D eigenvalue weighted by molar-refractivity contribution is 8.01. The predicted molar refractivity (Wildman–Crippen MR) is 106 cm³/mol. The van der Waals surface area contributed by atoms with Crippen molar-refractivity contribution in [3.63, 3.8) is 0 Å².